The molecular weight excluding hydrogens is 444 g/mol. The maximum Gasteiger partial charge on any atom is 0.335 e. The number of ether oxygens (including phenoxy) is 2. The number of carboxylic acid groups (broad SMARTS) is 2. The Morgan fingerprint density at radius 1 is 0.706 bits per heavy atom. The smallest absolute Gasteiger partial charge is 0.335 e. The largest absolute Gasteiger partial charge is 0.497 e. The summed E-state index contributed by atoms with van der Waals surface area (Å²) in [5.74, 6) is -1.80. The molecule has 2 unspecified atom stereocenters. The highest BCUT2D eigenvalue weighted by atomic mass is 16.5. The van der Waals surface area contributed by atoms with Gasteiger partial charge >= 0.3 is 11.9 Å². The first kappa shape index (κ1) is 26.0. The second-order valence-corrected chi connectivity index (χ2v) is 6.69. The van der Waals surface area contributed by atoms with Crippen LogP contribution in [-0.4, -0.2) is 68.8 Å². The molecule has 0 saturated carbocycles. The molecule has 2 atom stereocenters. The summed E-state index contributed by atoms with van der Waals surface area (Å²) in [4.78, 5) is 27.9. The third-order valence-corrected chi connectivity index (χ3v) is 4.43. The predicted molar refractivity (Wildman–Crippen MR) is 124 cm³/mol. The number of carbonyl (C=O) groups is 2. The number of benzene rings is 2. The van der Waals surface area contributed by atoms with Crippen LogP contribution in [0.5, 0.6) is 11.5 Å². The molecule has 0 aliphatic rings. The number of hydrogen-bond acceptors (Lipinski definition) is 8. The van der Waals surface area contributed by atoms with Crippen LogP contribution >= 0.6 is 0 Å². The quantitative estimate of drug-likeness (QED) is 0.342. The van der Waals surface area contributed by atoms with Gasteiger partial charge in [0.25, 0.3) is 0 Å². The van der Waals surface area contributed by atoms with Crippen LogP contribution in [0.2, 0.25) is 0 Å². The van der Waals surface area contributed by atoms with Gasteiger partial charge in [-0.2, -0.15) is 0 Å². The van der Waals surface area contributed by atoms with Gasteiger partial charge in [0.1, 0.15) is 11.5 Å². The molecule has 34 heavy (non-hydrogen) atoms. The molecule has 0 spiro atoms. The monoisotopic (exact) mass is 468 g/mol. The van der Waals surface area contributed by atoms with Gasteiger partial charge in [0, 0.05) is 23.2 Å². The number of methoxy groups -OCH3 is 2. The summed E-state index contributed by atoms with van der Waals surface area (Å²) in [5.41, 5.74) is 2.00. The normalized spacial score (nSPS) is 11.8. The van der Waals surface area contributed by atoms with Crippen LogP contribution in [0.1, 0.15) is 0 Å². The van der Waals surface area contributed by atoms with E-state index in [0.717, 1.165) is 33.3 Å². The van der Waals surface area contributed by atoms with Crippen LogP contribution in [0.3, 0.4) is 0 Å². The second-order valence-electron chi connectivity index (χ2n) is 6.69. The zero-order chi connectivity index (χ0) is 25.1. The third kappa shape index (κ3) is 7.40. The van der Waals surface area contributed by atoms with Gasteiger partial charge in [0.2, 0.25) is 0 Å². The van der Waals surface area contributed by atoms with Crippen molar-refractivity contribution < 1.29 is 39.5 Å². The van der Waals surface area contributed by atoms with Gasteiger partial charge in [-0.05, 0) is 48.5 Å². The van der Waals surface area contributed by atoms with Crippen LogP contribution in [-0.2, 0) is 9.59 Å². The molecule has 0 aliphatic carbocycles. The highest BCUT2D eigenvalue weighted by molar-refractivity contribution is 5.83. The minimum atomic E-state index is -2.27. The van der Waals surface area contributed by atoms with Crippen molar-refractivity contribution >= 4 is 33.7 Å². The van der Waals surface area contributed by atoms with Crippen molar-refractivity contribution in [2.45, 2.75) is 12.2 Å². The van der Waals surface area contributed by atoms with Crippen molar-refractivity contribution in [1.82, 2.24) is 9.97 Å². The van der Waals surface area contributed by atoms with Crippen LogP contribution in [0.25, 0.3) is 21.8 Å². The lowest BCUT2D eigenvalue weighted by atomic mass is 10.2. The van der Waals surface area contributed by atoms with Crippen molar-refractivity contribution in [2.24, 2.45) is 0 Å². The molecule has 0 fully saturated rings. The van der Waals surface area contributed by atoms with Gasteiger partial charge in [-0.1, -0.05) is 12.1 Å². The first-order valence-corrected chi connectivity index (χ1v) is 9.86. The van der Waals surface area contributed by atoms with Gasteiger partial charge in [-0.25, -0.2) is 9.59 Å². The zero-order valence-corrected chi connectivity index (χ0v) is 18.4. The van der Waals surface area contributed by atoms with E-state index in [4.69, 9.17) is 29.9 Å². The Morgan fingerprint density at radius 2 is 1.09 bits per heavy atom. The van der Waals surface area contributed by atoms with Gasteiger partial charge in [-0.15, -0.1) is 0 Å². The maximum atomic E-state index is 9.77. The summed E-state index contributed by atoms with van der Waals surface area (Å²) in [6, 6.07) is 19.6. The Bertz CT molecular complexity index is 1150. The van der Waals surface area contributed by atoms with E-state index in [2.05, 4.69) is 9.97 Å². The molecule has 4 aromatic rings. The number of rotatable bonds is 5. The van der Waals surface area contributed by atoms with Crippen molar-refractivity contribution in [1.29, 1.82) is 0 Å². The molecule has 0 radical (unpaired) electrons. The number of carboxylic acids is 2. The van der Waals surface area contributed by atoms with Crippen LogP contribution in [0.15, 0.2) is 73.1 Å². The Kier molecular flexibility index (Phi) is 9.69. The Balaban J connectivity index is 0.000000182. The molecule has 2 aromatic heterocycles. The number of pyridine rings is 2. The summed E-state index contributed by atoms with van der Waals surface area (Å²) < 4.78 is 10.2. The Hall–Kier alpha value is -4.28. The lowest BCUT2D eigenvalue weighted by molar-refractivity contribution is -0.165. The first-order valence-electron chi connectivity index (χ1n) is 9.86. The summed E-state index contributed by atoms with van der Waals surface area (Å²) in [6.07, 6.45) is -0.959. The van der Waals surface area contributed by atoms with E-state index in [1.807, 2.05) is 60.7 Å². The van der Waals surface area contributed by atoms with E-state index in [1.165, 1.54) is 0 Å². The number of aliphatic hydroxyl groups excluding tert-OH is 2. The SMILES string of the molecule is COc1ccc2ncccc2c1.COc1ccc2ncccc2c1.O=C(O)C(O)C(O)C(=O)O. The second kappa shape index (κ2) is 12.7. The molecule has 10 nitrogen and oxygen atoms in total. The third-order valence-electron chi connectivity index (χ3n) is 4.43. The van der Waals surface area contributed by atoms with Crippen molar-refractivity contribution in [3.8, 4) is 11.5 Å². The standard InChI is InChI=1S/2C10H9NO.C4H6O6/c2*1-12-9-4-5-10-8(7-9)3-2-6-11-10;5-1(3(7)8)2(6)4(9)10/h2*2-7H,1H3;1-2,5-6H,(H,7,8)(H,9,10). The summed E-state index contributed by atoms with van der Waals surface area (Å²) in [6.45, 7) is 0. The molecule has 4 N–H and O–H groups in total. The van der Waals surface area contributed by atoms with Crippen LogP contribution < -0.4 is 9.47 Å². The molecule has 4 rings (SSSR count). The molecule has 178 valence electrons. The molecule has 0 bridgehead atoms. The summed E-state index contributed by atoms with van der Waals surface area (Å²) in [5, 5.41) is 34.7. The van der Waals surface area contributed by atoms with Crippen molar-refractivity contribution in [3.63, 3.8) is 0 Å². The molecular formula is C24H24N2O8. The molecule has 2 aromatic carbocycles. The number of nitrogens with zero attached hydrogens (tertiary/aromatic N) is 2. The van der Waals surface area contributed by atoms with Gasteiger partial charge < -0.3 is 29.9 Å². The van der Waals surface area contributed by atoms with Gasteiger partial charge in [0.15, 0.2) is 12.2 Å². The summed E-state index contributed by atoms with van der Waals surface area (Å²) in [7, 11) is 3.33. The topological polar surface area (TPSA) is 159 Å². The maximum absolute atomic E-state index is 9.77. The number of fused-ring (bicyclic) bond motifs is 2. The van der Waals surface area contributed by atoms with E-state index >= 15 is 0 Å². The lowest BCUT2D eigenvalue weighted by Crippen LogP contribution is -2.39. The fourth-order valence-corrected chi connectivity index (χ4v) is 2.63. The average molecular weight is 468 g/mol. The van der Waals surface area contributed by atoms with Crippen LogP contribution in [0.4, 0.5) is 0 Å². The lowest BCUT2D eigenvalue weighted by Gasteiger charge is -2.07. The number of aliphatic hydroxyl groups is 2. The van der Waals surface area contributed by atoms with Crippen molar-refractivity contribution in [3.05, 3.63) is 73.1 Å². The van der Waals surface area contributed by atoms with E-state index in [0.29, 0.717) is 0 Å². The van der Waals surface area contributed by atoms with E-state index in [9.17, 15) is 9.59 Å². The van der Waals surface area contributed by atoms with E-state index < -0.39 is 24.1 Å². The number of aliphatic carboxylic acids is 2. The molecule has 2 heterocycles. The number of hydrogen-bond donors (Lipinski definition) is 4. The molecule has 0 saturated heterocycles. The molecule has 0 aliphatic heterocycles. The highest BCUT2D eigenvalue weighted by Gasteiger charge is 2.29. The zero-order valence-electron chi connectivity index (χ0n) is 18.4. The minimum Gasteiger partial charge on any atom is -0.497 e. The fourth-order valence-electron chi connectivity index (χ4n) is 2.63. The minimum absolute atomic E-state index is 0.871. The average Bonchev–Trinajstić information content (AvgIpc) is 2.87. The molecule has 10 heteroatoms. The fraction of sp³-hybridized carbons (Fsp3) is 0.167. The summed E-state index contributed by atoms with van der Waals surface area (Å²) >= 11 is 0. The van der Waals surface area contributed by atoms with Crippen molar-refractivity contribution in [2.75, 3.05) is 14.2 Å². The molecule has 0 amide bonds. The first-order chi connectivity index (χ1) is 16.3. The predicted octanol–water partition coefficient (Wildman–Crippen LogP) is 2.36. The number of aromatic nitrogens is 2. The highest BCUT2D eigenvalue weighted by Crippen LogP contribution is 2.18. The van der Waals surface area contributed by atoms with Gasteiger partial charge in [0.05, 0.1) is 25.3 Å². The van der Waals surface area contributed by atoms with E-state index in [-0.39, 0.29) is 0 Å². The van der Waals surface area contributed by atoms with Crippen LogP contribution in [0, 0.1) is 0 Å². The van der Waals surface area contributed by atoms with E-state index in [1.54, 1.807) is 26.6 Å². The van der Waals surface area contributed by atoms with Gasteiger partial charge in [-0.3, -0.25) is 9.97 Å². The Labute approximate surface area is 194 Å². The Morgan fingerprint density at radius 3 is 1.41 bits per heavy atom.